The van der Waals surface area contributed by atoms with Crippen LogP contribution in [0.4, 0.5) is 14.6 Å². The van der Waals surface area contributed by atoms with Gasteiger partial charge in [0.1, 0.15) is 6.20 Å². The van der Waals surface area contributed by atoms with Crippen molar-refractivity contribution in [2.45, 2.75) is 11.8 Å². The first-order valence-electron chi connectivity index (χ1n) is 3.64. The smallest absolute Gasteiger partial charge is 0.358 e. The number of hydrogen-bond acceptors (Lipinski definition) is 3. The van der Waals surface area contributed by atoms with Crippen LogP contribution in [-0.2, 0) is 5.33 Å². The zero-order chi connectivity index (χ0) is 11.6. The summed E-state index contributed by atoms with van der Waals surface area (Å²) in [6.07, 6.45) is -1.83. The first kappa shape index (κ1) is 12.7. The topological polar surface area (TPSA) is 56.0 Å². The van der Waals surface area contributed by atoms with Crippen molar-refractivity contribution in [1.82, 2.24) is 4.98 Å². The molecular weight excluding hydrogens is 389 g/mol. The van der Waals surface area contributed by atoms with Gasteiger partial charge in [-0.25, -0.2) is 8.78 Å². The molecule has 0 spiro atoms. The second-order valence-electron chi connectivity index (χ2n) is 2.52. The Kier molecular flexibility index (Phi) is 4.32. The Labute approximate surface area is 105 Å². The molecule has 4 nitrogen and oxygen atoms in total. The average Bonchev–Trinajstić information content (AvgIpc) is 2.16. The van der Waals surface area contributed by atoms with Gasteiger partial charge in [-0.2, -0.15) is 0 Å². The lowest BCUT2D eigenvalue weighted by atomic mass is 10.2. The maximum Gasteiger partial charge on any atom is 0.368 e. The quantitative estimate of drug-likeness (QED) is 0.343. The molecule has 0 radical (unpaired) electrons. The number of halogens is 4. The fraction of sp³-hybridized carbons (Fsp3) is 0.286. The highest BCUT2D eigenvalue weighted by atomic mass is 127. The molecule has 1 aromatic heterocycles. The Morgan fingerprint density at radius 3 is 2.67 bits per heavy atom. The minimum atomic E-state index is -2.68. The minimum Gasteiger partial charge on any atom is -0.358 e. The van der Waals surface area contributed by atoms with Crippen LogP contribution < -0.4 is 0 Å². The number of alkyl halides is 3. The Morgan fingerprint density at radius 2 is 2.27 bits per heavy atom. The van der Waals surface area contributed by atoms with Crippen molar-refractivity contribution in [3.05, 3.63) is 31.0 Å². The summed E-state index contributed by atoms with van der Waals surface area (Å²) in [4.78, 5) is 13.3. The van der Waals surface area contributed by atoms with Crippen LogP contribution in [-0.4, -0.2) is 9.91 Å². The lowest BCUT2D eigenvalue weighted by Gasteiger charge is -2.05. The highest BCUT2D eigenvalue weighted by Gasteiger charge is 2.24. The van der Waals surface area contributed by atoms with Crippen LogP contribution in [0.2, 0.25) is 0 Å². The van der Waals surface area contributed by atoms with E-state index in [0.717, 1.165) is 6.20 Å². The van der Waals surface area contributed by atoms with E-state index in [2.05, 4.69) is 20.9 Å². The van der Waals surface area contributed by atoms with Crippen LogP contribution in [0.1, 0.15) is 17.6 Å². The van der Waals surface area contributed by atoms with Gasteiger partial charge in [0.15, 0.2) is 0 Å². The largest absolute Gasteiger partial charge is 0.368 e. The number of rotatable bonds is 3. The molecule has 0 N–H and O–H groups in total. The molecule has 0 aliphatic heterocycles. The zero-order valence-electron chi connectivity index (χ0n) is 7.08. The summed E-state index contributed by atoms with van der Waals surface area (Å²) in [5, 5.41) is 10.7. The standard InChI is InChI=1S/C7H4BrF2IN2O2/c8-1-3-5(11)4(6(9)10)2-12-7(3)13(14)15/h2,6H,1H2. The van der Waals surface area contributed by atoms with E-state index in [0.29, 0.717) is 0 Å². The molecule has 1 heterocycles. The first-order chi connectivity index (χ1) is 6.99. The monoisotopic (exact) mass is 392 g/mol. The molecule has 0 aliphatic carbocycles. The molecule has 0 unspecified atom stereocenters. The van der Waals surface area contributed by atoms with Crippen molar-refractivity contribution in [2.24, 2.45) is 0 Å². The average molecular weight is 393 g/mol. The van der Waals surface area contributed by atoms with Crippen LogP contribution in [0.25, 0.3) is 0 Å². The number of pyridine rings is 1. The van der Waals surface area contributed by atoms with E-state index in [1.54, 1.807) is 22.6 Å². The zero-order valence-corrected chi connectivity index (χ0v) is 10.8. The Morgan fingerprint density at radius 1 is 1.67 bits per heavy atom. The van der Waals surface area contributed by atoms with Gasteiger partial charge < -0.3 is 10.1 Å². The highest BCUT2D eigenvalue weighted by Crippen LogP contribution is 2.31. The maximum atomic E-state index is 12.4. The van der Waals surface area contributed by atoms with Crippen LogP contribution in [0.3, 0.4) is 0 Å². The molecule has 0 amide bonds. The Balaban J connectivity index is 3.39. The predicted octanol–water partition coefficient (Wildman–Crippen LogP) is 3.43. The van der Waals surface area contributed by atoms with E-state index in [-0.39, 0.29) is 25.8 Å². The normalized spacial score (nSPS) is 10.7. The molecule has 1 aromatic rings. The molecule has 0 saturated carbocycles. The molecule has 0 bridgehead atoms. The molecule has 0 saturated heterocycles. The molecule has 15 heavy (non-hydrogen) atoms. The van der Waals surface area contributed by atoms with E-state index in [1.165, 1.54) is 0 Å². The Hall–Kier alpha value is -0.380. The third-order valence-electron chi connectivity index (χ3n) is 1.66. The summed E-state index contributed by atoms with van der Waals surface area (Å²) >= 11 is 4.68. The van der Waals surface area contributed by atoms with E-state index in [9.17, 15) is 18.9 Å². The molecule has 0 atom stereocenters. The second kappa shape index (κ2) is 5.10. The summed E-state index contributed by atoms with van der Waals surface area (Å²) in [5.41, 5.74) is -0.103. The molecule has 0 fully saturated rings. The lowest BCUT2D eigenvalue weighted by Crippen LogP contribution is -2.03. The van der Waals surface area contributed by atoms with E-state index in [1.807, 2.05) is 0 Å². The van der Waals surface area contributed by atoms with E-state index >= 15 is 0 Å². The summed E-state index contributed by atoms with van der Waals surface area (Å²) in [6, 6.07) is 0. The minimum absolute atomic E-state index is 0.120. The molecule has 0 aliphatic rings. The van der Waals surface area contributed by atoms with Crippen LogP contribution in [0, 0.1) is 13.7 Å². The maximum absolute atomic E-state index is 12.4. The number of aromatic nitrogens is 1. The van der Waals surface area contributed by atoms with Crippen LogP contribution in [0.5, 0.6) is 0 Å². The summed E-state index contributed by atoms with van der Waals surface area (Å²) < 4.78 is 25.1. The summed E-state index contributed by atoms with van der Waals surface area (Å²) in [7, 11) is 0. The second-order valence-corrected chi connectivity index (χ2v) is 4.16. The van der Waals surface area contributed by atoms with E-state index in [4.69, 9.17) is 0 Å². The fourth-order valence-corrected chi connectivity index (χ4v) is 2.83. The molecule has 82 valence electrons. The van der Waals surface area contributed by atoms with Gasteiger partial charge in [-0.15, -0.1) is 0 Å². The van der Waals surface area contributed by atoms with E-state index < -0.39 is 11.3 Å². The number of nitro groups is 1. The third kappa shape index (κ3) is 2.60. The van der Waals surface area contributed by atoms with Crippen molar-refractivity contribution < 1.29 is 13.7 Å². The number of hydrogen-bond donors (Lipinski definition) is 0. The van der Waals surface area contributed by atoms with Gasteiger partial charge in [0.05, 0.1) is 11.1 Å². The van der Waals surface area contributed by atoms with Gasteiger partial charge in [-0.3, -0.25) is 0 Å². The molecular formula is C7H4BrF2IN2O2. The lowest BCUT2D eigenvalue weighted by molar-refractivity contribution is -0.390. The fourth-order valence-electron chi connectivity index (χ4n) is 0.966. The van der Waals surface area contributed by atoms with Gasteiger partial charge in [0.2, 0.25) is 0 Å². The summed E-state index contributed by atoms with van der Waals surface area (Å²) in [6.45, 7) is 0. The molecule has 0 aromatic carbocycles. The van der Waals surface area contributed by atoms with Gasteiger partial charge >= 0.3 is 5.82 Å². The van der Waals surface area contributed by atoms with Crippen molar-refractivity contribution in [3.8, 4) is 0 Å². The van der Waals surface area contributed by atoms with Crippen molar-refractivity contribution >= 4 is 44.3 Å². The number of nitrogens with zero attached hydrogens (tertiary/aromatic N) is 2. The van der Waals surface area contributed by atoms with Gasteiger partial charge in [-0.05, 0) is 32.5 Å². The molecule has 8 heteroatoms. The summed E-state index contributed by atoms with van der Waals surface area (Å²) in [5.74, 6) is -0.388. The van der Waals surface area contributed by atoms with Crippen LogP contribution >= 0.6 is 38.5 Å². The highest BCUT2D eigenvalue weighted by molar-refractivity contribution is 14.1. The third-order valence-corrected chi connectivity index (χ3v) is 3.49. The molecule has 1 rings (SSSR count). The van der Waals surface area contributed by atoms with Crippen molar-refractivity contribution in [3.63, 3.8) is 0 Å². The predicted molar refractivity (Wildman–Crippen MR) is 61.2 cm³/mol. The van der Waals surface area contributed by atoms with Gasteiger partial charge in [-0.1, -0.05) is 15.9 Å². The van der Waals surface area contributed by atoms with Crippen LogP contribution in [0.15, 0.2) is 6.20 Å². The first-order valence-corrected chi connectivity index (χ1v) is 5.84. The SMILES string of the molecule is O=[N+]([O-])c1ncc(C(F)F)c(I)c1CBr. The van der Waals surface area contributed by atoms with Crippen molar-refractivity contribution in [2.75, 3.05) is 0 Å². The van der Waals surface area contributed by atoms with Crippen molar-refractivity contribution in [1.29, 1.82) is 0 Å². The Bertz CT molecular complexity index is 403. The van der Waals surface area contributed by atoms with Gasteiger partial charge in [0, 0.05) is 8.90 Å². The van der Waals surface area contributed by atoms with Gasteiger partial charge in [0.25, 0.3) is 6.43 Å².